The van der Waals surface area contributed by atoms with Crippen LogP contribution >= 0.6 is 27.5 Å². The van der Waals surface area contributed by atoms with Crippen molar-refractivity contribution in [1.29, 1.82) is 0 Å². The average Bonchev–Trinajstić information content (AvgIpc) is 2.93. The first-order chi connectivity index (χ1) is 11.4. The molecule has 0 radical (unpaired) electrons. The standard InChI is InChI=1S/C16H18BrClN4O2/c1-9(2)13-12(17)14(22-21-13)16(24)20-8-7-19-15(23)10-5-3-4-6-11(10)18/h3-6,9H,7-8H2,1-2H3,(H,19,23)(H,20,24)(H,21,22). The average molecular weight is 414 g/mol. The van der Waals surface area contributed by atoms with Crippen LogP contribution in [0.5, 0.6) is 0 Å². The Kier molecular flexibility index (Phi) is 6.39. The maximum atomic E-state index is 12.1. The van der Waals surface area contributed by atoms with E-state index < -0.39 is 0 Å². The molecule has 3 N–H and O–H groups in total. The predicted octanol–water partition coefficient (Wildman–Crippen LogP) is 3.11. The third-order valence-electron chi connectivity index (χ3n) is 3.34. The lowest BCUT2D eigenvalue weighted by Crippen LogP contribution is -2.35. The van der Waals surface area contributed by atoms with Gasteiger partial charge in [0.05, 0.1) is 20.8 Å². The molecule has 0 aliphatic rings. The molecule has 6 nitrogen and oxygen atoms in total. The highest BCUT2D eigenvalue weighted by atomic mass is 79.9. The van der Waals surface area contributed by atoms with E-state index >= 15 is 0 Å². The summed E-state index contributed by atoms with van der Waals surface area (Å²) in [6.45, 7) is 4.58. The highest BCUT2D eigenvalue weighted by molar-refractivity contribution is 9.10. The molecular weight excluding hydrogens is 396 g/mol. The van der Waals surface area contributed by atoms with Gasteiger partial charge in [-0.25, -0.2) is 0 Å². The summed E-state index contributed by atoms with van der Waals surface area (Å²) in [7, 11) is 0. The van der Waals surface area contributed by atoms with Crippen molar-refractivity contribution in [3.8, 4) is 0 Å². The number of carbonyl (C=O) groups excluding carboxylic acids is 2. The van der Waals surface area contributed by atoms with Gasteiger partial charge >= 0.3 is 0 Å². The molecule has 0 aliphatic carbocycles. The number of nitrogens with one attached hydrogen (secondary N) is 3. The van der Waals surface area contributed by atoms with Crippen molar-refractivity contribution < 1.29 is 9.59 Å². The lowest BCUT2D eigenvalue weighted by Gasteiger charge is -2.07. The van der Waals surface area contributed by atoms with Crippen LogP contribution in [0.2, 0.25) is 5.02 Å². The van der Waals surface area contributed by atoms with Crippen molar-refractivity contribution in [2.24, 2.45) is 0 Å². The number of amides is 2. The van der Waals surface area contributed by atoms with Crippen LogP contribution in [0.1, 0.15) is 46.3 Å². The second-order valence-corrected chi connectivity index (χ2v) is 6.65. The van der Waals surface area contributed by atoms with Crippen molar-refractivity contribution >= 4 is 39.3 Å². The van der Waals surface area contributed by atoms with Crippen LogP contribution in [-0.2, 0) is 0 Å². The van der Waals surface area contributed by atoms with Crippen molar-refractivity contribution in [3.05, 3.63) is 50.7 Å². The Balaban J connectivity index is 1.83. The number of aromatic amines is 1. The van der Waals surface area contributed by atoms with Crippen LogP contribution in [0.15, 0.2) is 28.7 Å². The van der Waals surface area contributed by atoms with Crippen molar-refractivity contribution in [1.82, 2.24) is 20.8 Å². The first-order valence-corrected chi connectivity index (χ1v) is 8.63. The molecule has 0 saturated carbocycles. The van der Waals surface area contributed by atoms with E-state index in [9.17, 15) is 9.59 Å². The van der Waals surface area contributed by atoms with E-state index in [1.807, 2.05) is 13.8 Å². The van der Waals surface area contributed by atoms with Gasteiger partial charge in [0, 0.05) is 13.1 Å². The molecule has 128 valence electrons. The van der Waals surface area contributed by atoms with Crippen LogP contribution in [-0.4, -0.2) is 35.1 Å². The largest absolute Gasteiger partial charge is 0.350 e. The third kappa shape index (κ3) is 4.36. The van der Waals surface area contributed by atoms with Crippen LogP contribution in [0.25, 0.3) is 0 Å². The van der Waals surface area contributed by atoms with Gasteiger partial charge in [0.15, 0.2) is 5.69 Å². The minimum Gasteiger partial charge on any atom is -0.350 e. The van der Waals surface area contributed by atoms with Gasteiger partial charge in [0.1, 0.15) is 0 Å². The van der Waals surface area contributed by atoms with Gasteiger partial charge in [-0.2, -0.15) is 5.10 Å². The zero-order valence-corrected chi connectivity index (χ0v) is 15.7. The van der Waals surface area contributed by atoms with E-state index in [-0.39, 0.29) is 30.8 Å². The summed E-state index contributed by atoms with van der Waals surface area (Å²) in [5.41, 5.74) is 1.57. The molecule has 0 unspecified atom stereocenters. The van der Waals surface area contributed by atoms with Gasteiger partial charge in [0.25, 0.3) is 11.8 Å². The molecule has 2 rings (SSSR count). The molecule has 2 amide bonds. The molecule has 0 aliphatic heterocycles. The second-order valence-electron chi connectivity index (χ2n) is 5.45. The van der Waals surface area contributed by atoms with Crippen molar-refractivity contribution in [3.63, 3.8) is 0 Å². The molecule has 2 aromatic rings. The molecule has 0 atom stereocenters. The summed E-state index contributed by atoms with van der Waals surface area (Å²) in [6.07, 6.45) is 0. The molecule has 1 aromatic carbocycles. The van der Waals surface area contributed by atoms with Crippen molar-refractivity contribution in [2.45, 2.75) is 19.8 Å². The molecule has 8 heteroatoms. The topological polar surface area (TPSA) is 86.9 Å². The van der Waals surface area contributed by atoms with Gasteiger partial charge in [-0.05, 0) is 34.0 Å². The monoisotopic (exact) mass is 412 g/mol. The highest BCUT2D eigenvalue weighted by Crippen LogP contribution is 2.25. The van der Waals surface area contributed by atoms with E-state index in [4.69, 9.17) is 11.6 Å². The normalized spacial score (nSPS) is 10.7. The molecule has 0 spiro atoms. The predicted molar refractivity (Wildman–Crippen MR) is 96.5 cm³/mol. The molecule has 1 aromatic heterocycles. The van der Waals surface area contributed by atoms with Crippen LogP contribution in [0.3, 0.4) is 0 Å². The molecular formula is C16H18BrClN4O2. The summed E-state index contributed by atoms with van der Waals surface area (Å²) >= 11 is 9.34. The maximum Gasteiger partial charge on any atom is 0.273 e. The van der Waals surface area contributed by atoms with E-state index in [1.165, 1.54) is 0 Å². The Bertz CT molecular complexity index is 745. The minimum absolute atomic E-state index is 0.225. The third-order valence-corrected chi connectivity index (χ3v) is 4.47. The van der Waals surface area contributed by atoms with E-state index in [1.54, 1.807) is 24.3 Å². The quantitative estimate of drug-likeness (QED) is 0.636. The summed E-state index contributed by atoms with van der Waals surface area (Å²) in [5, 5.41) is 12.7. The number of benzene rings is 1. The summed E-state index contributed by atoms with van der Waals surface area (Å²) in [6, 6.07) is 6.79. The number of nitrogens with zero attached hydrogens (tertiary/aromatic N) is 1. The zero-order valence-electron chi connectivity index (χ0n) is 13.3. The zero-order chi connectivity index (χ0) is 17.7. The molecule has 0 fully saturated rings. The Hall–Kier alpha value is -1.86. The number of rotatable bonds is 6. The van der Waals surface area contributed by atoms with Gasteiger partial charge in [0.2, 0.25) is 0 Å². The summed E-state index contributed by atoms with van der Waals surface area (Å²) in [5.74, 6) is -0.363. The number of aromatic nitrogens is 2. The van der Waals surface area contributed by atoms with Crippen LogP contribution in [0.4, 0.5) is 0 Å². The minimum atomic E-state index is -0.308. The first kappa shape index (κ1) is 18.5. The lowest BCUT2D eigenvalue weighted by atomic mass is 10.1. The maximum absolute atomic E-state index is 12.1. The Morgan fingerprint density at radius 2 is 1.83 bits per heavy atom. The van der Waals surface area contributed by atoms with E-state index in [0.29, 0.717) is 20.8 Å². The van der Waals surface area contributed by atoms with Gasteiger partial charge in [-0.15, -0.1) is 0 Å². The van der Waals surface area contributed by atoms with E-state index in [0.717, 1.165) is 5.69 Å². The van der Waals surface area contributed by atoms with Gasteiger partial charge in [-0.1, -0.05) is 37.6 Å². The second kappa shape index (κ2) is 8.30. The van der Waals surface area contributed by atoms with Crippen LogP contribution in [0, 0.1) is 0 Å². The Morgan fingerprint density at radius 3 is 2.42 bits per heavy atom. The van der Waals surface area contributed by atoms with Gasteiger partial charge in [-0.3, -0.25) is 14.7 Å². The number of halogens is 2. The smallest absolute Gasteiger partial charge is 0.273 e. The summed E-state index contributed by atoms with van der Waals surface area (Å²) < 4.78 is 0.662. The van der Waals surface area contributed by atoms with Crippen LogP contribution < -0.4 is 10.6 Å². The van der Waals surface area contributed by atoms with E-state index in [2.05, 4.69) is 36.8 Å². The SMILES string of the molecule is CC(C)c1[nH]nc(C(=O)NCCNC(=O)c2ccccc2Cl)c1Br. The summed E-state index contributed by atoms with van der Waals surface area (Å²) in [4.78, 5) is 24.1. The molecule has 1 heterocycles. The fourth-order valence-corrected chi connectivity index (χ4v) is 3.09. The number of carbonyl (C=O) groups is 2. The number of hydrogen-bond acceptors (Lipinski definition) is 3. The highest BCUT2D eigenvalue weighted by Gasteiger charge is 2.19. The fourth-order valence-electron chi connectivity index (χ4n) is 2.05. The number of H-pyrrole nitrogens is 1. The molecule has 24 heavy (non-hydrogen) atoms. The molecule has 0 saturated heterocycles. The Labute approximate surface area is 153 Å². The van der Waals surface area contributed by atoms with Crippen molar-refractivity contribution in [2.75, 3.05) is 13.1 Å². The molecule has 0 bridgehead atoms. The lowest BCUT2D eigenvalue weighted by molar-refractivity contribution is 0.0924. The fraction of sp³-hybridized carbons (Fsp3) is 0.312. The van der Waals surface area contributed by atoms with Gasteiger partial charge < -0.3 is 10.6 Å². The number of hydrogen-bond donors (Lipinski definition) is 3. The Morgan fingerprint density at radius 1 is 1.21 bits per heavy atom. The first-order valence-electron chi connectivity index (χ1n) is 7.46.